The van der Waals surface area contributed by atoms with E-state index in [-0.39, 0.29) is 5.75 Å². The molecular formula is C22H28N4O. The maximum absolute atomic E-state index is 9.37. The summed E-state index contributed by atoms with van der Waals surface area (Å²) >= 11 is 0. The van der Waals surface area contributed by atoms with Crippen LogP contribution < -0.4 is 10.6 Å². The molecule has 0 spiro atoms. The summed E-state index contributed by atoms with van der Waals surface area (Å²) in [5, 5.41) is 17.4. The topological polar surface area (TPSA) is 72.4 Å². The molecule has 1 aromatic heterocycles. The monoisotopic (exact) mass is 364 g/mol. The van der Waals surface area contributed by atoms with Gasteiger partial charge in [-0.1, -0.05) is 37.3 Å². The Bertz CT molecular complexity index is 896. The molecule has 0 saturated carbocycles. The van der Waals surface area contributed by atoms with Crippen LogP contribution in [0.1, 0.15) is 30.5 Å². The van der Waals surface area contributed by atoms with E-state index in [2.05, 4.69) is 58.9 Å². The largest absolute Gasteiger partial charge is 0.508 e. The van der Waals surface area contributed by atoms with Crippen LogP contribution in [0.5, 0.6) is 5.75 Å². The second kappa shape index (κ2) is 9.12. The normalized spacial score (nSPS) is 11.7. The molecule has 0 atom stereocenters. The van der Waals surface area contributed by atoms with Crippen molar-refractivity contribution in [3.05, 3.63) is 65.4 Å². The van der Waals surface area contributed by atoms with Crippen molar-refractivity contribution in [2.24, 2.45) is 4.99 Å². The van der Waals surface area contributed by atoms with E-state index in [1.807, 2.05) is 12.1 Å². The van der Waals surface area contributed by atoms with Gasteiger partial charge in [-0.15, -0.1) is 0 Å². The van der Waals surface area contributed by atoms with E-state index in [4.69, 9.17) is 0 Å². The molecule has 0 bridgehead atoms. The molecule has 0 aliphatic rings. The summed E-state index contributed by atoms with van der Waals surface area (Å²) in [7, 11) is 0. The first-order valence-electron chi connectivity index (χ1n) is 9.59. The number of hydrogen-bond donors (Lipinski definition) is 4. The lowest BCUT2D eigenvalue weighted by Crippen LogP contribution is -2.38. The van der Waals surface area contributed by atoms with Gasteiger partial charge in [0.15, 0.2) is 5.96 Å². The molecule has 0 unspecified atom stereocenters. The zero-order valence-electron chi connectivity index (χ0n) is 16.0. The molecule has 0 radical (unpaired) electrons. The van der Waals surface area contributed by atoms with Crippen molar-refractivity contribution in [1.29, 1.82) is 0 Å². The summed E-state index contributed by atoms with van der Waals surface area (Å²) in [5.74, 6) is 1.08. The number of guanidine groups is 1. The predicted molar refractivity (Wildman–Crippen MR) is 112 cm³/mol. The Hall–Kier alpha value is -2.95. The van der Waals surface area contributed by atoms with Crippen LogP contribution in [0.25, 0.3) is 10.9 Å². The van der Waals surface area contributed by atoms with Crippen LogP contribution in [-0.4, -0.2) is 29.1 Å². The fraction of sp³-hybridized carbons (Fsp3) is 0.318. The molecule has 0 aliphatic carbocycles. The average Bonchev–Trinajstić information content (AvgIpc) is 3.10. The zero-order chi connectivity index (χ0) is 19.1. The van der Waals surface area contributed by atoms with Crippen molar-refractivity contribution in [2.45, 2.75) is 33.2 Å². The second-order valence-electron chi connectivity index (χ2n) is 6.55. The molecule has 2 aromatic carbocycles. The Morgan fingerprint density at radius 2 is 1.85 bits per heavy atom. The second-order valence-corrected chi connectivity index (χ2v) is 6.55. The third kappa shape index (κ3) is 4.82. The molecule has 5 heteroatoms. The quantitative estimate of drug-likeness (QED) is 0.381. The van der Waals surface area contributed by atoms with Gasteiger partial charge in [0, 0.05) is 30.2 Å². The minimum atomic E-state index is 0.276. The van der Waals surface area contributed by atoms with E-state index in [0.29, 0.717) is 6.54 Å². The zero-order valence-corrected chi connectivity index (χ0v) is 16.0. The van der Waals surface area contributed by atoms with E-state index in [0.717, 1.165) is 37.5 Å². The number of phenolic OH excluding ortho intramolecular Hbond substituents is 1. The Morgan fingerprint density at radius 1 is 1.04 bits per heavy atom. The molecule has 1 heterocycles. The lowest BCUT2D eigenvalue weighted by molar-refractivity contribution is 0.475. The number of nitrogens with zero attached hydrogens (tertiary/aromatic N) is 1. The Morgan fingerprint density at radius 3 is 2.59 bits per heavy atom. The number of aromatic hydroxyl groups is 1. The van der Waals surface area contributed by atoms with Gasteiger partial charge in [0.25, 0.3) is 0 Å². The number of fused-ring (bicyclic) bond motifs is 1. The molecule has 3 aromatic rings. The molecule has 27 heavy (non-hydrogen) atoms. The first kappa shape index (κ1) is 18.8. The lowest BCUT2D eigenvalue weighted by Gasteiger charge is -2.11. The lowest BCUT2D eigenvalue weighted by atomic mass is 10.1. The number of H-pyrrole nitrogens is 1. The van der Waals surface area contributed by atoms with Crippen molar-refractivity contribution in [2.75, 3.05) is 13.1 Å². The minimum Gasteiger partial charge on any atom is -0.508 e. The van der Waals surface area contributed by atoms with Gasteiger partial charge < -0.3 is 20.7 Å². The van der Waals surface area contributed by atoms with Crippen molar-refractivity contribution in [1.82, 2.24) is 15.6 Å². The Kier molecular flexibility index (Phi) is 6.36. The Balaban J connectivity index is 1.61. The number of aromatic amines is 1. The number of rotatable bonds is 7. The van der Waals surface area contributed by atoms with Crippen LogP contribution >= 0.6 is 0 Å². The molecule has 4 N–H and O–H groups in total. The van der Waals surface area contributed by atoms with Crippen LogP contribution in [0.4, 0.5) is 0 Å². The third-order valence-electron chi connectivity index (χ3n) is 4.66. The minimum absolute atomic E-state index is 0.276. The highest BCUT2D eigenvalue weighted by Gasteiger charge is 2.07. The maximum Gasteiger partial charge on any atom is 0.191 e. The number of nitrogens with one attached hydrogen (secondary N) is 3. The smallest absolute Gasteiger partial charge is 0.191 e. The molecule has 142 valence electrons. The van der Waals surface area contributed by atoms with Gasteiger partial charge in [-0.25, -0.2) is 4.99 Å². The van der Waals surface area contributed by atoms with Crippen molar-refractivity contribution in [3.63, 3.8) is 0 Å². The molecule has 0 saturated heterocycles. The maximum atomic E-state index is 9.37. The van der Waals surface area contributed by atoms with Gasteiger partial charge >= 0.3 is 0 Å². The van der Waals surface area contributed by atoms with Crippen molar-refractivity contribution in [3.8, 4) is 5.75 Å². The average molecular weight is 364 g/mol. The molecule has 3 rings (SSSR count). The molecule has 0 amide bonds. The number of aliphatic imine (C=N–C) groups is 1. The van der Waals surface area contributed by atoms with Gasteiger partial charge in [0.05, 0.1) is 6.54 Å². The number of aryl methyl sites for hydroxylation is 1. The van der Waals surface area contributed by atoms with Gasteiger partial charge in [0.2, 0.25) is 0 Å². The van der Waals surface area contributed by atoms with E-state index in [1.54, 1.807) is 12.1 Å². The van der Waals surface area contributed by atoms with Gasteiger partial charge in [-0.05, 0) is 48.6 Å². The van der Waals surface area contributed by atoms with E-state index < -0.39 is 0 Å². The fourth-order valence-electron chi connectivity index (χ4n) is 3.21. The van der Waals surface area contributed by atoms with E-state index in [9.17, 15) is 5.11 Å². The van der Waals surface area contributed by atoms with Gasteiger partial charge in [-0.3, -0.25) is 0 Å². The molecule has 0 aliphatic heterocycles. The number of phenols is 1. The van der Waals surface area contributed by atoms with Crippen LogP contribution in [0.2, 0.25) is 0 Å². The van der Waals surface area contributed by atoms with E-state index >= 15 is 0 Å². The number of benzene rings is 2. The van der Waals surface area contributed by atoms with Crippen LogP contribution in [-0.2, 0) is 19.4 Å². The molecular weight excluding hydrogens is 336 g/mol. The summed E-state index contributed by atoms with van der Waals surface area (Å²) in [6, 6.07) is 13.7. The SMILES string of the molecule is CCNC(=NCc1ccc(O)cc1)NCCc1c[nH]c2c(CC)cccc12. The van der Waals surface area contributed by atoms with Crippen LogP contribution in [0.3, 0.4) is 0 Å². The summed E-state index contributed by atoms with van der Waals surface area (Å²) in [6.07, 6.45) is 4.08. The predicted octanol–water partition coefficient (Wildman–Crippen LogP) is 3.73. The van der Waals surface area contributed by atoms with Crippen molar-refractivity contribution < 1.29 is 5.11 Å². The number of aromatic nitrogens is 1. The first-order chi connectivity index (χ1) is 13.2. The first-order valence-corrected chi connectivity index (χ1v) is 9.59. The summed E-state index contributed by atoms with van der Waals surface area (Å²) in [6.45, 7) is 6.44. The molecule has 5 nitrogen and oxygen atoms in total. The summed E-state index contributed by atoms with van der Waals surface area (Å²) < 4.78 is 0. The standard InChI is InChI=1S/C22H28N4O/c1-3-17-6-5-7-20-18(15-25-21(17)20)12-13-24-22(23-4-2)26-14-16-8-10-19(27)11-9-16/h5-11,15,25,27H,3-4,12-14H2,1-2H3,(H2,23,24,26). The summed E-state index contributed by atoms with van der Waals surface area (Å²) in [4.78, 5) is 8.06. The third-order valence-corrected chi connectivity index (χ3v) is 4.66. The van der Waals surface area contributed by atoms with Crippen molar-refractivity contribution >= 4 is 16.9 Å². The van der Waals surface area contributed by atoms with Gasteiger partial charge in [-0.2, -0.15) is 0 Å². The van der Waals surface area contributed by atoms with E-state index in [1.165, 1.54) is 22.0 Å². The van der Waals surface area contributed by atoms with Crippen LogP contribution in [0, 0.1) is 0 Å². The number of hydrogen-bond acceptors (Lipinski definition) is 2. The highest BCUT2D eigenvalue weighted by Crippen LogP contribution is 2.22. The summed E-state index contributed by atoms with van der Waals surface area (Å²) in [5.41, 5.74) is 4.99. The van der Waals surface area contributed by atoms with Gasteiger partial charge in [0.1, 0.15) is 5.75 Å². The fourth-order valence-corrected chi connectivity index (χ4v) is 3.21. The highest BCUT2D eigenvalue weighted by atomic mass is 16.3. The highest BCUT2D eigenvalue weighted by molar-refractivity contribution is 5.86. The Labute approximate surface area is 160 Å². The molecule has 0 fully saturated rings. The number of para-hydroxylation sites is 1. The van der Waals surface area contributed by atoms with Crippen LogP contribution in [0.15, 0.2) is 53.7 Å².